The van der Waals surface area contributed by atoms with Crippen molar-refractivity contribution in [3.05, 3.63) is 42.5 Å². The van der Waals surface area contributed by atoms with Gasteiger partial charge in [-0.15, -0.1) is 11.8 Å². The van der Waals surface area contributed by atoms with Gasteiger partial charge < -0.3 is 10.0 Å². The normalized spacial score (nSPS) is 20.2. The molecule has 1 N–H and O–H groups in total. The highest BCUT2D eigenvalue weighted by molar-refractivity contribution is 8.00. The van der Waals surface area contributed by atoms with E-state index < -0.39 is 5.50 Å². The minimum Gasteiger partial charge on any atom is -0.507 e. The van der Waals surface area contributed by atoms with E-state index in [1.54, 1.807) is 6.07 Å². The molecule has 1 heterocycles. The van der Waals surface area contributed by atoms with Crippen molar-refractivity contribution >= 4 is 34.9 Å². The van der Waals surface area contributed by atoms with Gasteiger partial charge in [0.1, 0.15) is 5.75 Å². The van der Waals surface area contributed by atoms with Gasteiger partial charge in [0.2, 0.25) is 0 Å². The van der Waals surface area contributed by atoms with Crippen molar-refractivity contribution in [2.45, 2.75) is 41.5 Å². The van der Waals surface area contributed by atoms with Crippen LogP contribution in [0.5, 0.6) is 5.75 Å². The molecule has 2 aromatic carbocycles. The van der Waals surface area contributed by atoms with Crippen molar-refractivity contribution in [1.82, 2.24) is 0 Å². The number of alkyl halides is 1. The minimum absolute atomic E-state index is 0.0302. The molecule has 134 valence electrons. The van der Waals surface area contributed by atoms with E-state index in [-0.39, 0.29) is 11.7 Å². The predicted molar refractivity (Wildman–Crippen MR) is 107 cm³/mol. The Balaban J connectivity index is 2.06. The number of anilines is 2. The zero-order valence-electron chi connectivity index (χ0n) is 14.6. The van der Waals surface area contributed by atoms with Gasteiger partial charge in [-0.3, -0.25) is 0 Å². The summed E-state index contributed by atoms with van der Waals surface area (Å²) < 4.78 is 15.0. The predicted octanol–water partition coefficient (Wildman–Crippen LogP) is 6.46. The van der Waals surface area contributed by atoms with Crippen LogP contribution in [0.15, 0.2) is 52.3 Å². The van der Waals surface area contributed by atoms with E-state index in [4.69, 9.17) is 0 Å². The van der Waals surface area contributed by atoms with E-state index in [9.17, 15) is 9.50 Å². The third-order valence-corrected chi connectivity index (χ3v) is 6.53. The quantitative estimate of drug-likeness (QED) is 0.604. The molecule has 1 aliphatic heterocycles. The Morgan fingerprint density at radius 2 is 2.04 bits per heavy atom. The molecule has 0 saturated heterocycles. The number of hydrogen-bond donors (Lipinski definition) is 1. The maximum atomic E-state index is 15.0. The minimum atomic E-state index is -0.960. The summed E-state index contributed by atoms with van der Waals surface area (Å²) in [6.45, 7) is 2.80. The summed E-state index contributed by atoms with van der Waals surface area (Å²) in [7, 11) is 0. The van der Waals surface area contributed by atoms with Crippen LogP contribution in [0.3, 0.4) is 0 Å². The number of phenolic OH excluding ortho intramolecular Hbond substituents is 1. The number of unbranched alkanes of at least 4 members (excludes halogenated alkanes) is 1. The van der Waals surface area contributed by atoms with Gasteiger partial charge >= 0.3 is 0 Å². The van der Waals surface area contributed by atoms with Crippen molar-refractivity contribution in [1.29, 1.82) is 0 Å². The Kier molecular flexibility index (Phi) is 6.18. The van der Waals surface area contributed by atoms with Crippen molar-refractivity contribution < 1.29 is 9.50 Å². The highest BCUT2D eigenvalue weighted by atomic mass is 32.2. The van der Waals surface area contributed by atoms with Gasteiger partial charge in [0.05, 0.1) is 10.6 Å². The fourth-order valence-electron chi connectivity index (χ4n) is 3.18. The Labute approximate surface area is 157 Å². The third-order valence-electron chi connectivity index (χ3n) is 4.57. The van der Waals surface area contributed by atoms with E-state index in [1.807, 2.05) is 30.5 Å². The highest BCUT2D eigenvalue weighted by Crippen LogP contribution is 2.47. The van der Waals surface area contributed by atoms with Gasteiger partial charge in [0.25, 0.3) is 0 Å². The first-order valence-corrected chi connectivity index (χ1v) is 10.8. The van der Waals surface area contributed by atoms with Crippen LogP contribution >= 0.6 is 23.5 Å². The largest absolute Gasteiger partial charge is 0.507 e. The van der Waals surface area contributed by atoms with Gasteiger partial charge in [-0.25, -0.2) is 4.39 Å². The van der Waals surface area contributed by atoms with Crippen molar-refractivity contribution in [3.8, 4) is 5.75 Å². The summed E-state index contributed by atoms with van der Waals surface area (Å²) in [6.07, 6.45) is 4.93. The number of rotatable bonds is 5. The second kappa shape index (κ2) is 8.37. The average molecular weight is 378 g/mol. The van der Waals surface area contributed by atoms with E-state index in [1.165, 1.54) is 23.5 Å². The van der Waals surface area contributed by atoms with Gasteiger partial charge in [0.15, 0.2) is 5.50 Å². The van der Waals surface area contributed by atoms with Gasteiger partial charge in [-0.1, -0.05) is 49.7 Å². The second-order valence-electron chi connectivity index (χ2n) is 6.31. The van der Waals surface area contributed by atoms with E-state index in [0.29, 0.717) is 6.54 Å². The molecule has 3 rings (SSSR count). The third kappa shape index (κ3) is 4.09. The van der Waals surface area contributed by atoms with E-state index >= 15 is 0 Å². The van der Waals surface area contributed by atoms with Gasteiger partial charge in [-0.2, -0.15) is 0 Å². The number of hydrogen-bond acceptors (Lipinski definition) is 4. The second-order valence-corrected chi connectivity index (χ2v) is 8.28. The van der Waals surface area contributed by atoms with Crippen molar-refractivity contribution in [2.75, 3.05) is 17.7 Å². The molecule has 0 saturated carbocycles. The number of para-hydroxylation sites is 1. The highest BCUT2D eigenvalue weighted by Gasteiger charge is 2.31. The lowest BCUT2D eigenvalue weighted by atomic mass is 10.0. The average Bonchev–Trinajstić information content (AvgIpc) is 2.76. The topological polar surface area (TPSA) is 23.5 Å². The molecule has 5 heteroatoms. The lowest BCUT2D eigenvalue weighted by Crippen LogP contribution is -2.27. The van der Waals surface area contributed by atoms with Crippen LogP contribution in [0.25, 0.3) is 0 Å². The van der Waals surface area contributed by atoms with Crippen LogP contribution in [0.1, 0.15) is 26.2 Å². The van der Waals surface area contributed by atoms with Gasteiger partial charge in [0, 0.05) is 23.0 Å². The molecule has 2 unspecified atom stereocenters. The zero-order chi connectivity index (χ0) is 17.8. The van der Waals surface area contributed by atoms with Crippen LogP contribution < -0.4 is 4.90 Å². The molecule has 0 aromatic heterocycles. The molecule has 0 bridgehead atoms. The Morgan fingerprint density at radius 3 is 2.72 bits per heavy atom. The Bertz CT molecular complexity index is 710. The van der Waals surface area contributed by atoms with Crippen LogP contribution in [-0.4, -0.2) is 23.4 Å². The van der Waals surface area contributed by atoms with Crippen molar-refractivity contribution in [3.63, 3.8) is 0 Å². The first kappa shape index (κ1) is 18.5. The van der Waals surface area contributed by atoms with Crippen molar-refractivity contribution in [2.24, 2.45) is 5.92 Å². The lowest BCUT2D eigenvalue weighted by molar-refractivity contribution is 0.310. The number of aromatic hydroxyl groups is 1. The molecule has 0 amide bonds. The maximum Gasteiger partial charge on any atom is 0.154 e. The molecule has 2 atom stereocenters. The summed E-state index contributed by atoms with van der Waals surface area (Å²) in [4.78, 5) is 3.84. The monoisotopic (exact) mass is 377 g/mol. The molecule has 0 aliphatic carbocycles. The van der Waals surface area contributed by atoms with Crippen LogP contribution in [-0.2, 0) is 0 Å². The molecular weight excluding hydrogens is 353 g/mol. The summed E-state index contributed by atoms with van der Waals surface area (Å²) in [5.41, 5.74) is 1.09. The smallest absolute Gasteiger partial charge is 0.154 e. The maximum absolute atomic E-state index is 15.0. The first-order chi connectivity index (χ1) is 12.1. The summed E-state index contributed by atoms with van der Waals surface area (Å²) in [5.74, 6) is 0.198. The molecule has 2 nitrogen and oxygen atoms in total. The number of thioether (sulfide) groups is 2. The Morgan fingerprint density at radius 1 is 1.28 bits per heavy atom. The van der Waals surface area contributed by atoms with Crippen LogP contribution in [0.2, 0.25) is 0 Å². The summed E-state index contributed by atoms with van der Waals surface area (Å²) in [6, 6.07) is 13.9. The first-order valence-electron chi connectivity index (χ1n) is 8.68. The van der Waals surface area contributed by atoms with Gasteiger partial charge in [-0.05, 0) is 36.9 Å². The molecule has 25 heavy (non-hydrogen) atoms. The molecule has 0 fully saturated rings. The Hall–Kier alpha value is -1.33. The fraction of sp³-hybridized carbons (Fsp3) is 0.400. The van der Waals surface area contributed by atoms with Crippen LogP contribution in [0.4, 0.5) is 15.8 Å². The lowest BCUT2D eigenvalue weighted by Gasteiger charge is -2.28. The number of nitrogens with zero attached hydrogens (tertiary/aromatic N) is 1. The number of phenols is 1. The molecule has 2 aromatic rings. The number of halogens is 1. The van der Waals surface area contributed by atoms with E-state index in [2.05, 4.69) is 24.0 Å². The summed E-state index contributed by atoms with van der Waals surface area (Å²) >= 11 is 2.75. The molecular formula is C20H24FNOS2. The molecule has 1 aliphatic rings. The zero-order valence-corrected chi connectivity index (χ0v) is 16.2. The summed E-state index contributed by atoms with van der Waals surface area (Å²) in [5, 5.41) is 10.2. The van der Waals surface area contributed by atoms with Crippen LogP contribution in [0, 0.1) is 5.92 Å². The fourth-order valence-corrected chi connectivity index (χ4v) is 4.81. The number of fused-ring (bicyclic) bond motifs is 1. The number of benzene rings is 2. The molecule has 0 radical (unpaired) electrons. The standard InChI is InChI=1S/C20H24FNOS2/c1-3-4-8-14-13-22(15-9-6-5-7-10-15)16-11-19(24-2)17(23)12-18(16)25-20(14)21/h5-7,9-12,14,20,23H,3-4,8,13H2,1-2H3. The molecule has 0 spiro atoms. The van der Waals surface area contributed by atoms with E-state index in [0.717, 1.165) is 40.4 Å². The SMILES string of the molecule is CCCCC1CN(c2ccccc2)c2cc(SC)c(O)cc2SC1F.